The Morgan fingerprint density at radius 2 is 1.57 bits per heavy atom. The standard InChI is InChI=1S/C31H44N2O4/c1-22(2)17-18-32-27(19-23(3)4)29(34)33-28(30(35)37-31(5,6)7)20-24-13-15-26(16-14-24)36-21-25-11-9-8-10-12-25/h8-17,23,27-28,32H,18-21H2,1-7H3,(H,33,34). The maximum Gasteiger partial charge on any atom is 0.329 e. The second-order valence-corrected chi connectivity index (χ2v) is 11.1. The summed E-state index contributed by atoms with van der Waals surface area (Å²) in [7, 11) is 0. The van der Waals surface area contributed by atoms with E-state index in [2.05, 4.69) is 24.5 Å². The molecule has 0 radical (unpaired) electrons. The van der Waals surface area contributed by atoms with Crippen molar-refractivity contribution in [1.29, 1.82) is 0 Å². The van der Waals surface area contributed by atoms with E-state index in [0.717, 1.165) is 16.9 Å². The topological polar surface area (TPSA) is 76.7 Å². The highest BCUT2D eigenvalue weighted by atomic mass is 16.6. The zero-order valence-corrected chi connectivity index (χ0v) is 23.5. The smallest absolute Gasteiger partial charge is 0.329 e. The molecule has 6 heteroatoms. The zero-order valence-electron chi connectivity index (χ0n) is 23.5. The predicted octanol–water partition coefficient (Wildman–Crippen LogP) is 5.61. The van der Waals surface area contributed by atoms with E-state index in [1.54, 1.807) is 0 Å². The molecule has 0 bridgehead atoms. The molecule has 2 atom stereocenters. The van der Waals surface area contributed by atoms with Crippen LogP contribution < -0.4 is 15.4 Å². The fourth-order valence-electron chi connectivity index (χ4n) is 3.70. The predicted molar refractivity (Wildman–Crippen MR) is 149 cm³/mol. The van der Waals surface area contributed by atoms with E-state index in [0.29, 0.717) is 31.9 Å². The Morgan fingerprint density at radius 3 is 2.14 bits per heavy atom. The third-order valence-electron chi connectivity index (χ3n) is 5.52. The summed E-state index contributed by atoms with van der Waals surface area (Å²) in [5, 5.41) is 6.28. The Morgan fingerprint density at radius 1 is 0.919 bits per heavy atom. The molecule has 0 saturated carbocycles. The van der Waals surface area contributed by atoms with Gasteiger partial charge in [-0.05, 0) is 70.2 Å². The Labute approximate surface area is 222 Å². The molecule has 37 heavy (non-hydrogen) atoms. The number of carbonyl (C=O) groups excluding carboxylic acids is 2. The van der Waals surface area contributed by atoms with Crippen molar-refractivity contribution in [2.75, 3.05) is 6.54 Å². The highest BCUT2D eigenvalue weighted by Gasteiger charge is 2.29. The van der Waals surface area contributed by atoms with Gasteiger partial charge in [-0.15, -0.1) is 0 Å². The van der Waals surface area contributed by atoms with Crippen molar-refractivity contribution in [1.82, 2.24) is 10.6 Å². The highest BCUT2D eigenvalue weighted by Crippen LogP contribution is 2.17. The van der Waals surface area contributed by atoms with Crippen LogP contribution in [0.15, 0.2) is 66.2 Å². The minimum atomic E-state index is -0.803. The van der Waals surface area contributed by atoms with Crippen molar-refractivity contribution in [3.05, 3.63) is 77.4 Å². The van der Waals surface area contributed by atoms with E-state index >= 15 is 0 Å². The lowest BCUT2D eigenvalue weighted by molar-refractivity contribution is -0.158. The molecule has 0 saturated heterocycles. The average Bonchev–Trinajstić information content (AvgIpc) is 2.81. The van der Waals surface area contributed by atoms with E-state index < -0.39 is 23.7 Å². The molecule has 0 aromatic heterocycles. The van der Waals surface area contributed by atoms with Gasteiger partial charge in [-0.2, -0.15) is 0 Å². The van der Waals surface area contributed by atoms with Crippen molar-refractivity contribution < 1.29 is 19.1 Å². The lowest BCUT2D eigenvalue weighted by Crippen LogP contribution is -2.52. The minimum absolute atomic E-state index is 0.200. The number of allylic oxidation sites excluding steroid dienone is 1. The lowest BCUT2D eigenvalue weighted by atomic mass is 10.0. The van der Waals surface area contributed by atoms with Gasteiger partial charge in [0, 0.05) is 13.0 Å². The van der Waals surface area contributed by atoms with Gasteiger partial charge in [-0.3, -0.25) is 4.79 Å². The van der Waals surface area contributed by atoms with Crippen LogP contribution in [0.1, 0.15) is 66.0 Å². The summed E-state index contributed by atoms with van der Waals surface area (Å²) in [4.78, 5) is 26.4. The summed E-state index contributed by atoms with van der Waals surface area (Å²) in [6, 6.07) is 16.4. The minimum Gasteiger partial charge on any atom is -0.489 e. The number of benzene rings is 2. The molecule has 1 amide bonds. The summed E-state index contributed by atoms with van der Waals surface area (Å²) in [6.07, 6.45) is 3.03. The Bertz CT molecular complexity index is 1000. The number of nitrogens with one attached hydrogen (secondary N) is 2. The summed E-state index contributed by atoms with van der Waals surface area (Å²) in [5.41, 5.74) is 2.52. The van der Waals surface area contributed by atoms with Crippen LogP contribution >= 0.6 is 0 Å². The Kier molecular flexibility index (Phi) is 11.9. The number of hydrogen-bond acceptors (Lipinski definition) is 5. The van der Waals surface area contributed by atoms with Gasteiger partial charge in [0.15, 0.2) is 0 Å². The van der Waals surface area contributed by atoms with Crippen LogP contribution in [0.5, 0.6) is 5.75 Å². The van der Waals surface area contributed by atoms with Gasteiger partial charge in [-0.1, -0.05) is 68.0 Å². The molecular weight excluding hydrogens is 464 g/mol. The number of hydrogen-bond donors (Lipinski definition) is 2. The monoisotopic (exact) mass is 508 g/mol. The number of amides is 1. The quantitative estimate of drug-likeness (QED) is 0.272. The third kappa shape index (κ3) is 12.1. The second kappa shape index (κ2) is 14.6. The fourth-order valence-corrected chi connectivity index (χ4v) is 3.70. The molecule has 0 heterocycles. The molecule has 0 fully saturated rings. The van der Waals surface area contributed by atoms with Crippen LogP contribution in [0.2, 0.25) is 0 Å². The van der Waals surface area contributed by atoms with Crippen LogP contribution in [-0.4, -0.2) is 36.1 Å². The van der Waals surface area contributed by atoms with E-state index in [4.69, 9.17) is 9.47 Å². The Hall–Kier alpha value is -3.12. The molecule has 2 rings (SSSR count). The summed E-state index contributed by atoms with van der Waals surface area (Å²) < 4.78 is 11.5. The summed E-state index contributed by atoms with van der Waals surface area (Å²) >= 11 is 0. The van der Waals surface area contributed by atoms with Crippen molar-refractivity contribution in [3.8, 4) is 5.75 Å². The molecule has 0 aliphatic carbocycles. The van der Waals surface area contributed by atoms with Crippen molar-refractivity contribution in [2.45, 2.75) is 85.6 Å². The van der Waals surface area contributed by atoms with Crippen LogP contribution in [-0.2, 0) is 27.4 Å². The van der Waals surface area contributed by atoms with Crippen molar-refractivity contribution in [2.24, 2.45) is 5.92 Å². The van der Waals surface area contributed by atoms with Crippen LogP contribution in [0, 0.1) is 5.92 Å². The first-order valence-corrected chi connectivity index (χ1v) is 13.1. The number of ether oxygens (including phenoxy) is 2. The third-order valence-corrected chi connectivity index (χ3v) is 5.52. The van der Waals surface area contributed by atoms with Gasteiger partial charge in [0.1, 0.15) is 24.0 Å². The van der Waals surface area contributed by atoms with Crippen LogP contribution in [0.25, 0.3) is 0 Å². The summed E-state index contributed by atoms with van der Waals surface area (Å²) in [6.45, 7) is 14.8. The number of esters is 1. The molecule has 0 aliphatic heterocycles. The van der Waals surface area contributed by atoms with Crippen LogP contribution in [0.3, 0.4) is 0 Å². The molecule has 0 spiro atoms. The SMILES string of the molecule is CC(C)=CCNC(CC(C)C)C(=O)NC(Cc1ccc(OCc2ccccc2)cc1)C(=O)OC(C)(C)C. The van der Waals surface area contributed by atoms with Gasteiger partial charge in [0.25, 0.3) is 0 Å². The van der Waals surface area contributed by atoms with Gasteiger partial charge < -0.3 is 20.1 Å². The molecule has 202 valence electrons. The van der Waals surface area contributed by atoms with E-state index in [1.165, 1.54) is 5.57 Å². The molecule has 6 nitrogen and oxygen atoms in total. The van der Waals surface area contributed by atoms with Crippen LogP contribution in [0.4, 0.5) is 0 Å². The van der Waals surface area contributed by atoms with Gasteiger partial charge in [0.2, 0.25) is 5.91 Å². The van der Waals surface area contributed by atoms with Crippen molar-refractivity contribution >= 4 is 11.9 Å². The molecule has 2 N–H and O–H groups in total. The van der Waals surface area contributed by atoms with Crippen molar-refractivity contribution in [3.63, 3.8) is 0 Å². The Balaban J connectivity index is 2.12. The lowest BCUT2D eigenvalue weighted by Gasteiger charge is -2.27. The number of rotatable bonds is 13. The zero-order chi connectivity index (χ0) is 27.4. The maximum atomic E-state index is 13.3. The first-order chi connectivity index (χ1) is 17.4. The second-order valence-electron chi connectivity index (χ2n) is 11.1. The normalized spacial score (nSPS) is 13.0. The van der Waals surface area contributed by atoms with E-state index in [9.17, 15) is 9.59 Å². The van der Waals surface area contributed by atoms with Gasteiger partial charge >= 0.3 is 5.97 Å². The molecule has 0 aliphatic rings. The van der Waals surface area contributed by atoms with E-state index in [-0.39, 0.29) is 5.91 Å². The fraction of sp³-hybridized carbons (Fsp3) is 0.484. The van der Waals surface area contributed by atoms with Gasteiger partial charge in [0.05, 0.1) is 6.04 Å². The van der Waals surface area contributed by atoms with Gasteiger partial charge in [-0.25, -0.2) is 4.79 Å². The number of carbonyl (C=O) groups is 2. The summed E-state index contributed by atoms with van der Waals surface area (Å²) in [5.74, 6) is 0.414. The largest absolute Gasteiger partial charge is 0.489 e. The molecule has 2 aromatic carbocycles. The maximum absolute atomic E-state index is 13.3. The first kappa shape index (κ1) is 30.1. The first-order valence-electron chi connectivity index (χ1n) is 13.1. The average molecular weight is 509 g/mol. The molecular formula is C31H44N2O4. The molecule has 2 unspecified atom stereocenters. The highest BCUT2D eigenvalue weighted by molar-refractivity contribution is 5.88. The van der Waals surface area contributed by atoms with E-state index in [1.807, 2.05) is 95.3 Å². The molecule has 2 aromatic rings.